The smallest absolute Gasteiger partial charge is 0.309 e. The molecule has 27 heavy (non-hydrogen) atoms. The molecule has 2 saturated heterocycles. The van der Waals surface area contributed by atoms with Crippen LogP contribution in [0.4, 0.5) is 0 Å². The van der Waals surface area contributed by atoms with Gasteiger partial charge < -0.3 is 24.2 Å². The Kier molecular flexibility index (Phi) is 6.21. The molecule has 0 aromatic heterocycles. The maximum atomic E-state index is 12.8. The number of hydrogen-bond acceptors (Lipinski definition) is 5. The zero-order valence-electron chi connectivity index (χ0n) is 15.8. The van der Waals surface area contributed by atoms with Crippen molar-refractivity contribution in [1.29, 1.82) is 0 Å². The number of rotatable bonds is 6. The van der Waals surface area contributed by atoms with Gasteiger partial charge >= 0.3 is 5.97 Å². The third-order valence-corrected chi connectivity index (χ3v) is 5.45. The van der Waals surface area contributed by atoms with Gasteiger partial charge in [-0.05, 0) is 50.3 Å². The number of benzene rings is 1. The number of carboxylic acid groups (broad SMARTS) is 1. The minimum atomic E-state index is -0.780. The summed E-state index contributed by atoms with van der Waals surface area (Å²) in [6.45, 7) is 4.13. The molecule has 1 aromatic rings. The minimum absolute atomic E-state index is 0.0445. The molecule has 1 unspecified atom stereocenters. The van der Waals surface area contributed by atoms with Gasteiger partial charge in [0.15, 0.2) is 11.5 Å². The molecule has 2 atom stereocenters. The molecule has 1 N–H and O–H groups in total. The quantitative estimate of drug-likeness (QED) is 0.820. The van der Waals surface area contributed by atoms with Crippen molar-refractivity contribution in [2.75, 3.05) is 33.4 Å². The summed E-state index contributed by atoms with van der Waals surface area (Å²) < 4.78 is 16.5. The van der Waals surface area contributed by atoms with Crippen LogP contribution >= 0.6 is 0 Å². The second-order valence-electron chi connectivity index (χ2n) is 7.00. The van der Waals surface area contributed by atoms with E-state index in [1.54, 1.807) is 25.3 Å². The van der Waals surface area contributed by atoms with Gasteiger partial charge in [-0.2, -0.15) is 0 Å². The van der Waals surface area contributed by atoms with E-state index < -0.39 is 11.9 Å². The highest BCUT2D eigenvalue weighted by Gasteiger charge is 2.40. The number of likely N-dealkylation sites (tertiary alicyclic amines) is 1. The third-order valence-electron chi connectivity index (χ3n) is 5.45. The summed E-state index contributed by atoms with van der Waals surface area (Å²) in [5.74, 6) is 0.101. The lowest BCUT2D eigenvalue weighted by molar-refractivity contribution is -0.145. The first-order valence-corrected chi connectivity index (χ1v) is 9.49. The van der Waals surface area contributed by atoms with Gasteiger partial charge in [-0.25, -0.2) is 0 Å². The summed E-state index contributed by atoms with van der Waals surface area (Å²) in [7, 11) is 1.55. The lowest BCUT2D eigenvalue weighted by atomic mass is 9.84. The third kappa shape index (κ3) is 4.18. The van der Waals surface area contributed by atoms with Crippen molar-refractivity contribution in [2.45, 2.75) is 32.3 Å². The summed E-state index contributed by atoms with van der Waals surface area (Å²) in [6.07, 6.45) is 1.86. The zero-order valence-corrected chi connectivity index (χ0v) is 15.8. The Bertz CT molecular complexity index is 683. The van der Waals surface area contributed by atoms with E-state index in [0.717, 1.165) is 12.8 Å². The first-order chi connectivity index (χ1) is 13.0. The molecule has 7 heteroatoms. The molecule has 0 radical (unpaired) electrons. The molecule has 0 spiro atoms. The highest BCUT2D eigenvalue weighted by atomic mass is 16.5. The number of amides is 1. The number of ether oxygens (including phenoxy) is 3. The Balaban J connectivity index is 1.62. The molecule has 2 fully saturated rings. The number of aliphatic carboxylic acids is 1. The summed E-state index contributed by atoms with van der Waals surface area (Å²) >= 11 is 0. The Morgan fingerprint density at radius 3 is 2.59 bits per heavy atom. The number of hydrogen-bond donors (Lipinski definition) is 1. The number of carboxylic acids is 1. The average molecular weight is 377 g/mol. The normalized spacial score (nSPS) is 23.3. The molecular weight excluding hydrogens is 350 g/mol. The Morgan fingerprint density at radius 2 is 1.96 bits per heavy atom. The predicted molar refractivity (Wildman–Crippen MR) is 98.3 cm³/mol. The van der Waals surface area contributed by atoms with Gasteiger partial charge in [0.2, 0.25) is 0 Å². The van der Waals surface area contributed by atoms with Crippen LogP contribution in [0.15, 0.2) is 18.2 Å². The summed E-state index contributed by atoms with van der Waals surface area (Å²) in [4.78, 5) is 26.0. The topological polar surface area (TPSA) is 85.3 Å². The highest BCUT2D eigenvalue weighted by molar-refractivity contribution is 5.95. The predicted octanol–water partition coefficient (Wildman–Crippen LogP) is 2.44. The van der Waals surface area contributed by atoms with Crippen molar-refractivity contribution < 1.29 is 28.9 Å². The second-order valence-corrected chi connectivity index (χ2v) is 7.00. The van der Waals surface area contributed by atoms with Crippen LogP contribution in [0.5, 0.6) is 11.5 Å². The van der Waals surface area contributed by atoms with Crippen molar-refractivity contribution >= 4 is 11.9 Å². The van der Waals surface area contributed by atoms with Gasteiger partial charge in [-0.15, -0.1) is 0 Å². The molecule has 1 amide bonds. The van der Waals surface area contributed by atoms with Crippen molar-refractivity contribution in [2.24, 2.45) is 11.8 Å². The Labute approximate surface area is 159 Å². The first-order valence-electron chi connectivity index (χ1n) is 9.49. The molecular formula is C20H27NO6. The molecule has 3 rings (SSSR count). The molecule has 1 aromatic carbocycles. The largest absolute Gasteiger partial charge is 0.493 e. The summed E-state index contributed by atoms with van der Waals surface area (Å²) in [6, 6.07) is 5.22. The maximum Gasteiger partial charge on any atom is 0.309 e. The van der Waals surface area contributed by atoms with E-state index in [0.29, 0.717) is 49.8 Å². The van der Waals surface area contributed by atoms with Crippen LogP contribution in [0.25, 0.3) is 0 Å². The number of methoxy groups -OCH3 is 1. The fraction of sp³-hybridized carbons (Fsp3) is 0.600. The van der Waals surface area contributed by atoms with Gasteiger partial charge in [0.1, 0.15) is 0 Å². The molecule has 0 aliphatic carbocycles. The highest BCUT2D eigenvalue weighted by Crippen LogP contribution is 2.34. The van der Waals surface area contributed by atoms with Crippen LogP contribution in [-0.4, -0.2) is 61.4 Å². The number of nitrogens with zero attached hydrogens (tertiary/aromatic N) is 1. The van der Waals surface area contributed by atoms with Crippen molar-refractivity contribution in [1.82, 2.24) is 4.90 Å². The number of carbonyl (C=O) groups is 2. The first kappa shape index (κ1) is 19.5. The lowest BCUT2D eigenvalue weighted by Crippen LogP contribution is -2.43. The van der Waals surface area contributed by atoms with E-state index in [1.165, 1.54) is 0 Å². The van der Waals surface area contributed by atoms with E-state index in [4.69, 9.17) is 14.2 Å². The molecule has 7 nitrogen and oxygen atoms in total. The monoisotopic (exact) mass is 377 g/mol. The standard InChI is InChI=1S/C20H27NO6/c1-3-26-16-5-4-14(12-17(16)25-2)19(22)21-9-6-13(7-10-21)18-15(20(23)24)8-11-27-18/h4-5,12-13,15,18H,3,6-11H2,1-2H3,(H,23,24)/t15?,18-/m0/s1. The number of carbonyl (C=O) groups excluding carboxylic acids is 1. The summed E-state index contributed by atoms with van der Waals surface area (Å²) in [5, 5.41) is 9.35. The van der Waals surface area contributed by atoms with Crippen LogP contribution in [0.3, 0.4) is 0 Å². The molecule has 0 bridgehead atoms. The fourth-order valence-electron chi connectivity index (χ4n) is 4.03. The summed E-state index contributed by atoms with van der Waals surface area (Å²) in [5.41, 5.74) is 0.564. The van der Waals surface area contributed by atoms with Crippen LogP contribution in [0.2, 0.25) is 0 Å². The van der Waals surface area contributed by atoms with E-state index in [9.17, 15) is 14.7 Å². The van der Waals surface area contributed by atoms with Crippen molar-refractivity contribution in [3.8, 4) is 11.5 Å². The zero-order chi connectivity index (χ0) is 19.4. The minimum Gasteiger partial charge on any atom is -0.493 e. The van der Waals surface area contributed by atoms with E-state index in [1.807, 2.05) is 11.8 Å². The molecule has 2 aliphatic rings. The van der Waals surface area contributed by atoms with Gasteiger partial charge in [-0.3, -0.25) is 9.59 Å². The molecule has 148 valence electrons. The molecule has 2 heterocycles. The maximum absolute atomic E-state index is 12.8. The SMILES string of the molecule is CCOc1ccc(C(=O)N2CCC([C@@H]3OCCC3C(=O)O)CC2)cc1OC. The molecule has 0 saturated carbocycles. The Hall–Kier alpha value is -2.28. The van der Waals surface area contributed by atoms with Crippen molar-refractivity contribution in [3.63, 3.8) is 0 Å². The van der Waals surface area contributed by atoms with E-state index in [-0.39, 0.29) is 17.9 Å². The second kappa shape index (κ2) is 8.61. The number of piperidine rings is 1. The van der Waals surface area contributed by atoms with Crippen molar-refractivity contribution in [3.05, 3.63) is 23.8 Å². The van der Waals surface area contributed by atoms with Crippen LogP contribution in [0.1, 0.15) is 36.5 Å². The van der Waals surface area contributed by atoms with Crippen LogP contribution in [0, 0.1) is 11.8 Å². The van der Waals surface area contributed by atoms with Gasteiger partial charge in [0.05, 0.1) is 25.7 Å². The van der Waals surface area contributed by atoms with Crippen LogP contribution < -0.4 is 9.47 Å². The lowest BCUT2D eigenvalue weighted by Gasteiger charge is -2.35. The van der Waals surface area contributed by atoms with Crippen LogP contribution in [-0.2, 0) is 9.53 Å². The van der Waals surface area contributed by atoms with E-state index >= 15 is 0 Å². The van der Waals surface area contributed by atoms with Gasteiger partial charge in [0.25, 0.3) is 5.91 Å². The van der Waals surface area contributed by atoms with Gasteiger partial charge in [0, 0.05) is 25.3 Å². The fourth-order valence-corrected chi connectivity index (χ4v) is 4.03. The molecule has 2 aliphatic heterocycles. The average Bonchev–Trinajstić information content (AvgIpc) is 3.18. The van der Waals surface area contributed by atoms with E-state index in [2.05, 4.69) is 0 Å². The Morgan fingerprint density at radius 1 is 1.22 bits per heavy atom. The van der Waals surface area contributed by atoms with Gasteiger partial charge in [-0.1, -0.05) is 0 Å².